The molecular weight excluding hydrogens is 369 g/mol. The molecule has 3 nitrogen and oxygen atoms in total. The van der Waals surface area contributed by atoms with E-state index in [0.717, 1.165) is 19.0 Å². The molecule has 1 aliphatic carbocycles. The average molecular weight is 399 g/mol. The molecule has 1 rings (SSSR count). The summed E-state index contributed by atoms with van der Waals surface area (Å²) in [5.74, 6) is 0.992. The topological polar surface area (TPSA) is 36.4 Å². The average Bonchev–Trinajstić information content (AvgIpc) is 2.38. The van der Waals surface area contributed by atoms with Crippen LogP contribution in [0.2, 0.25) is 0 Å². The van der Waals surface area contributed by atoms with Crippen LogP contribution < -0.4 is 10.6 Å². The van der Waals surface area contributed by atoms with Crippen LogP contribution in [-0.4, -0.2) is 36.1 Å². The van der Waals surface area contributed by atoms with E-state index in [2.05, 4.69) is 37.7 Å². The molecule has 1 saturated carbocycles. The highest BCUT2D eigenvalue weighted by atomic mass is 127. The molecule has 114 valence electrons. The van der Waals surface area contributed by atoms with Gasteiger partial charge in [0.25, 0.3) is 0 Å². The quantitative estimate of drug-likeness (QED) is 0.421. The van der Waals surface area contributed by atoms with Crippen molar-refractivity contribution in [2.24, 2.45) is 4.99 Å². The first kappa shape index (κ1) is 19.4. The SMILES string of the molecule is CCNC(=NCC(C)(C)SC)NC1CCCCC1.I. The van der Waals surface area contributed by atoms with Gasteiger partial charge in [-0.25, -0.2) is 0 Å². The maximum atomic E-state index is 4.72. The molecule has 2 N–H and O–H groups in total. The Hall–Kier alpha value is 0.350. The lowest BCUT2D eigenvalue weighted by Gasteiger charge is -2.26. The highest BCUT2D eigenvalue weighted by molar-refractivity contribution is 14.0. The van der Waals surface area contributed by atoms with Crippen molar-refractivity contribution in [2.75, 3.05) is 19.3 Å². The van der Waals surface area contributed by atoms with E-state index in [-0.39, 0.29) is 28.7 Å². The summed E-state index contributed by atoms with van der Waals surface area (Å²) in [7, 11) is 0. The molecule has 0 amide bonds. The Morgan fingerprint density at radius 3 is 2.42 bits per heavy atom. The van der Waals surface area contributed by atoms with Gasteiger partial charge in [-0.2, -0.15) is 11.8 Å². The summed E-state index contributed by atoms with van der Waals surface area (Å²) in [5.41, 5.74) is 0. The van der Waals surface area contributed by atoms with Crippen molar-refractivity contribution >= 4 is 41.7 Å². The number of nitrogens with zero attached hydrogens (tertiary/aromatic N) is 1. The van der Waals surface area contributed by atoms with Gasteiger partial charge in [-0.1, -0.05) is 19.3 Å². The molecule has 0 radical (unpaired) electrons. The molecule has 0 atom stereocenters. The molecular formula is C14H30IN3S. The first-order chi connectivity index (χ1) is 8.57. The molecule has 1 aliphatic rings. The lowest BCUT2D eigenvalue weighted by Crippen LogP contribution is -2.44. The monoisotopic (exact) mass is 399 g/mol. The molecule has 1 fully saturated rings. The fourth-order valence-electron chi connectivity index (χ4n) is 2.09. The van der Waals surface area contributed by atoms with Crippen molar-refractivity contribution in [1.29, 1.82) is 0 Å². The lowest BCUT2D eigenvalue weighted by atomic mass is 9.96. The summed E-state index contributed by atoms with van der Waals surface area (Å²) < 4.78 is 0.217. The zero-order valence-electron chi connectivity index (χ0n) is 12.8. The zero-order valence-corrected chi connectivity index (χ0v) is 15.9. The van der Waals surface area contributed by atoms with Crippen LogP contribution in [0.5, 0.6) is 0 Å². The van der Waals surface area contributed by atoms with E-state index in [1.54, 1.807) is 0 Å². The molecule has 19 heavy (non-hydrogen) atoms. The number of hydrogen-bond donors (Lipinski definition) is 2. The predicted molar refractivity (Wildman–Crippen MR) is 99.0 cm³/mol. The Morgan fingerprint density at radius 1 is 1.26 bits per heavy atom. The van der Waals surface area contributed by atoms with Crippen LogP contribution in [0.1, 0.15) is 52.9 Å². The van der Waals surface area contributed by atoms with Crippen molar-refractivity contribution in [3.63, 3.8) is 0 Å². The molecule has 0 heterocycles. The van der Waals surface area contributed by atoms with Gasteiger partial charge in [0.1, 0.15) is 0 Å². The Balaban J connectivity index is 0.00000324. The fourth-order valence-corrected chi connectivity index (χ4v) is 2.29. The van der Waals surface area contributed by atoms with Crippen LogP contribution >= 0.6 is 35.7 Å². The van der Waals surface area contributed by atoms with E-state index in [9.17, 15) is 0 Å². The summed E-state index contributed by atoms with van der Waals surface area (Å²) in [6.07, 6.45) is 8.83. The minimum atomic E-state index is 0. The van der Waals surface area contributed by atoms with Gasteiger partial charge < -0.3 is 10.6 Å². The van der Waals surface area contributed by atoms with Gasteiger partial charge in [-0.3, -0.25) is 4.99 Å². The van der Waals surface area contributed by atoms with Gasteiger partial charge in [-0.15, -0.1) is 24.0 Å². The Bertz CT molecular complexity index is 263. The van der Waals surface area contributed by atoms with Gasteiger partial charge >= 0.3 is 0 Å². The highest BCUT2D eigenvalue weighted by Gasteiger charge is 2.17. The summed E-state index contributed by atoms with van der Waals surface area (Å²) >= 11 is 1.87. The summed E-state index contributed by atoms with van der Waals surface area (Å²) in [6, 6.07) is 0.619. The molecule has 0 bridgehead atoms. The van der Waals surface area contributed by atoms with Gasteiger partial charge in [0.05, 0.1) is 6.54 Å². The maximum Gasteiger partial charge on any atom is 0.191 e. The van der Waals surface area contributed by atoms with Gasteiger partial charge in [-0.05, 0) is 39.9 Å². The van der Waals surface area contributed by atoms with E-state index in [4.69, 9.17) is 4.99 Å². The second kappa shape index (κ2) is 10.1. The van der Waals surface area contributed by atoms with Crippen molar-refractivity contribution in [3.05, 3.63) is 0 Å². The van der Waals surface area contributed by atoms with Crippen LogP contribution in [0.3, 0.4) is 0 Å². The molecule has 0 spiro atoms. The van der Waals surface area contributed by atoms with Crippen LogP contribution in [-0.2, 0) is 0 Å². The van der Waals surface area contributed by atoms with Gasteiger partial charge in [0.15, 0.2) is 5.96 Å². The number of hydrogen-bond acceptors (Lipinski definition) is 2. The Morgan fingerprint density at radius 2 is 1.89 bits per heavy atom. The fraction of sp³-hybridized carbons (Fsp3) is 0.929. The van der Waals surface area contributed by atoms with E-state index in [0.29, 0.717) is 6.04 Å². The largest absolute Gasteiger partial charge is 0.357 e. The van der Waals surface area contributed by atoms with E-state index >= 15 is 0 Å². The lowest BCUT2D eigenvalue weighted by molar-refractivity contribution is 0.410. The molecule has 0 unspecified atom stereocenters. The number of halogens is 1. The highest BCUT2D eigenvalue weighted by Crippen LogP contribution is 2.21. The van der Waals surface area contributed by atoms with Crippen LogP contribution in [0, 0.1) is 0 Å². The smallest absolute Gasteiger partial charge is 0.191 e. The van der Waals surface area contributed by atoms with Crippen molar-refractivity contribution in [2.45, 2.75) is 63.7 Å². The summed E-state index contributed by atoms with van der Waals surface area (Å²) in [6.45, 7) is 8.39. The second-order valence-electron chi connectivity index (χ2n) is 5.64. The standard InChI is InChI=1S/C14H29N3S.HI/c1-5-15-13(16-11-14(2,3)18-4)17-12-9-7-6-8-10-12;/h12H,5-11H2,1-4H3,(H2,15,16,17);1H. The third-order valence-electron chi connectivity index (χ3n) is 3.46. The van der Waals surface area contributed by atoms with Crippen LogP contribution in [0.4, 0.5) is 0 Å². The molecule has 0 saturated heterocycles. The third kappa shape index (κ3) is 8.27. The predicted octanol–water partition coefficient (Wildman–Crippen LogP) is 3.63. The number of rotatable bonds is 5. The maximum absolute atomic E-state index is 4.72. The third-order valence-corrected chi connectivity index (χ3v) is 4.70. The normalized spacial score (nSPS) is 17.8. The van der Waals surface area contributed by atoms with Gasteiger partial charge in [0.2, 0.25) is 0 Å². The van der Waals surface area contributed by atoms with E-state index < -0.39 is 0 Å². The number of guanidine groups is 1. The van der Waals surface area contributed by atoms with Crippen LogP contribution in [0.25, 0.3) is 0 Å². The van der Waals surface area contributed by atoms with Crippen molar-refractivity contribution in [3.8, 4) is 0 Å². The van der Waals surface area contributed by atoms with E-state index in [1.807, 2.05) is 11.8 Å². The second-order valence-corrected chi connectivity index (χ2v) is 7.15. The first-order valence-corrected chi connectivity index (χ1v) is 8.40. The Kier molecular flexibility index (Phi) is 10.3. The molecule has 5 heteroatoms. The first-order valence-electron chi connectivity index (χ1n) is 7.17. The summed E-state index contributed by atoms with van der Waals surface area (Å²) in [5, 5.41) is 6.94. The van der Waals surface area contributed by atoms with Crippen LogP contribution in [0.15, 0.2) is 4.99 Å². The summed E-state index contributed by atoms with van der Waals surface area (Å²) in [4.78, 5) is 4.72. The van der Waals surface area contributed by atoms with E-state index in [1.165, 1.54) is 32.1 Å². The van der Waals surface area contributed by atoms with Crippen molar-refractivity contribution in [1.82, 2.24) is 10.6 Å². The minimum absolute atomic E-state index is 0. The molecule has 0 aromatic rings. The molecule has 0 aliphatic heterocycles. The van der Waals surface area contributed by atoms with Gasteiger partial charge in [0, 0.05) is 17.3 Å². The number of nitrogens with one attached hydrogen (secondary N) is 2. The number of aliphatic imine (C=N–C) groups is 1. The van der Waals surface area contributed by atoms with Crippen molar-refractivity contribution < 1.29 is 0 Å². The Labute approximate surface area is 140 Å². The minimum Gasteiger partial charge on any atom is -0.357 e. The number of thioether (sulfide) groups is 1. The zero-order chi connectivity index (χ0) is 13.4. The molecule has 0 aromatic heterocycles. The molecule has 0 aromatic carbocycles.